The highest BCUT2D eigenvalue weighted by Gasteiger charge is 2.12. The van der Waals surface area contributed by atoms with Crippen molar-refractivity contribution < 1.29 is 9.47 Å². The molecule has 0 unspecified atom stereocenters. The Bertz CT molecular complexity index is 714. The van der Waals surface area contributed by atoms with E-state index in [0.29, 0.717) is 28.7 Å². The summed E-state index contributed by atoms with van der Waals surface area (Å²) in [6.07, 6.45) is 0. The van der Waals surface area contributed by atoms with Crippen molar-refractivity contribution in [1.29, 1.82) is 5.26 Å². The van der Waals surface area contributed by atoms with Crippen molar-refractivity contribution >= 4 is 43.5 Å². The Kier molecular flexibility index (Phi) is 5.51. The summed E-state index contributed by atoms with van der Waals surface area (Å²) in [4.78, 5) is 0. The SMILES string of the molecule is COc1cc(Br)c(Oc2ccc(CCl)cc2C#N)cc1Br. The molecule has 0 aromatic heterocycles. The van der Waals surface area contributed by atoms with Gasteiger partial charge in [-0.05, 0) is 61.7 Å². The van der Waals surface area contributed by atoms with Gasteiger partial charge < -0.3 is 9.47 Å². The van der Waals surface area contributed by atoms with Gasteiger partial charge in [-0.2, -0.15) is 5.26 Å². The Morgan fingerprint density at radius 3 is 2.38 bits per heavy atom. The number of rotatable bonds is 4. The number of nitriles is 1. The maximum Gasteiger partial charge on any atom is 0.145 e. The summed E-state index contributed by atoms with van der Waals surface area (Å²) in [5.74, 6) is 2.10. The largest absolute Gasteiger partial charge is 0.496 e. The van der Waals surface area contributed by atoms with E-state index in [0.717, 1.165) is 14.5 Å². The van der Waals surface area contributed by atoms with E-state index in [9.17, 15) is 5.26 Å². The molecule has 0 amide bonds. The average Bonchev–Trinajstić information content (AvgIpc) is 2.50. The predicted molar refractivity (Wildman–Crippen MR) is 89.2 cm³/mol. The third-order valence-electron chi connectivity index (χ3n) is 2.74. The second kappa shape index (κ2) is 7.17. The van der Waals surface area contributed by atoms with Gasteiger partial charge in [0, 0.05) is 5.88 Å². The van der Waals surface area contributed by atoms with Crippen molar-refractivity contribution in [1.82, 2.24) is 0 Å². The number of alkyl halides is 1. The van der Waals surface area contributed by atoms with Crippen molar-refractivity contribution in [2.24, 2.45) is 0 Å². The van der Waals surface area contributed by atoms with E-state index < -0.39 is 0 Å². The molecule has 6 heteroatoms. The maximum absolute atomic E-state index is 9.21. The van der Waals surface area contributed by atoms with Crippen LogP contribution < -0.4 is 9.47 Å². The lowest BCUT2D eigenvalue weighted by atomic mass is 10.1. The zero-order valence-electron chi connectivity index (χ0n) is 11.0. The Labute approximate surface area is 144 Å². The van der Waals surface area contributed by atoms with E-state index in [4.69, 9.17) is 21.1 Å². The summed E-state index contributed by atoms with van der Waals surface area (Å²) in [5, 5.41) is 9.21. The van der Waals surface area contributed by atoms with Crippen LogP contribution in [0.2, 0.25) is 0 Å². The Morgan fingerprint density at radius 1 is 1.10 bits per heavy atom. The first-order chi connectivity index (χ1) is 10.1. The summed E-state index contributed by atoms with van der Waals surface area (Å²) in [7, 11) is 1.59. The fourth-order valence-corrected chi connectivity index (χ4v) is 2.75. The second-order valence-electron chi connectivity index (χ2n) is 4.10. The molecule has 0 fully saturated rings. The lowest BCUT2D eigenvalue weighted by Gasteiger charge is -2.12. The first kappa shape index (κ1) is 16.2. The van der Waals surface area contributed by atoms with Gasteiger partial charge in [-0.25, -0.2) is 0 Å². The summed E-state index contributed by atoms with van der Waals surface area (Å²) in [6, 6.07) is 11.0. The molecule has 3 nitrogen and oxygen atoms in total. The molecule has 2 aromatic rings. The second-order valence-corrected chi connectivity index (χ2v) is 6.07. The Hall–Kier alpha value is -1.22. The highest BCUT2D eigenvalue weighted by Crippen LogP contribution is 2.38. The third-order valence-corrected chi connectivity index (χ3v) is 4.29. The Balaban J connectivity index is 2.39. The number of benzene rings is 2. The van der Waals surface area contributed by atoms with Crippen molar-refractivity contribution in [3.05, 3.63) is 50.4 Å². The fraction of sp³-hybridized carbons (Fsp3) is 0.133. The smallest absolute Gasteiger partial charge is 0.145 e. The van der Waals surface area contributed by atoms with Gasteiger partial charge in [0.1, 0.15) is 23.3 Å². The van der Waals surface area contributed by atoms with E-state index in [1.165, 1.54) is 0 Å². The van der Waals surface area contributed by atoms with Crippen molar-refractivity contribution in [3.8, 4) is 23.3 Å². The molecule has 0 bridgehead atoms. The van der Waals surface area contributed by atoms with E-state index in [2.05, 4.69) is 37.9 Å². The molecular weight excluding hydrogens is 421 g/mol. The van der Waals surface area contributed by atoms with Gasteiger partial charge in [-0.15, -0.1) is 11.6 Å². The molecular formula is C15H10Br2ClNO2. The summed E-state index contributed by atoms with van der Waals surface area (Å²) in [6.45, 7) is 0. The van der Waals surface area contributed by atoms with Gasteiger partial charge in [0.25, 0.3) is 0 Å². The normalized spacial score (nSPS) is 10.0. The van der Waals surface area contributed by atoms with E-state index >= 15 is 0 Å². The lowest BCUT2D eigenvalue weighted by Crippen LogP contribution is -1.92. The minimum absolute atomic E-state index is 0.354. The number of methoxy groups -OCH3 is 1. The van der Waals surface area contributed by atoms with Crippen LogP contribution in [0, 0.1) is 11.3 Å². The van der Waals surface area contributed by atoms with E-state index in [1.54, 1.807) is 31.4 Å². The van der Waals surface area contributed by atoms with E-state index in [-0.39, 0.29) is 0 Å². The van der Waals surface area contributed by atoms with Gasteiger partial charge in [0.05, 0.1) is 21.6 Å². The number of hydrogen-bond acceptors (Lipinski definition) is 3. The molecule has 2 aromatic carbocycles. The quantitative estimate of drug-likeness (QED) is 0.590. The van der Waals surface area contributed by atoms with Gasteiger partial charge in [-0.1, -0.05) is 6.07 Å². The first-order valence-corrected chi connectivity index (χ1v) is 8.01. The molecule has 0 saturated heterocycles. The molecule has 108 valence electrons. The number of ether oxygens (including phenoxy) is 2. The van der Waals surface area contributed by atoms with Gasteiger partial charge in [0.15, 0.2) is 0 Å². The fourth-order valence-electron chi connectivity index (χ4n) is 1.70. The lowest BCUT2D eigenvalue weighted by molar-refractivity contribution is 0.409. The molecule has 2 rings (SSSR count). The molecule has 0 N–H and O–H groups in total. The van der Waals surface area contributed by atoms with Gasteiger partial charge >= 0.3 is 0 Å². The molecule has 0 saturated carbocycles. The minimum atomic E-state index is 0.354. The monoisotopic (exact) mass is 429 g/mol. The van der Waals surface area contributed by atoms with Crippen LogP contribution in [0.15, 0.2) is 39.3 Å². The van der Waals surface area contributed by atoms with Gasteiger partial charge in [0.2, 0.25) is 0 Å². The van der Waals surface area contributed by atoms with Crippen molar-refractivity contribution in [2.75, 3.05) is 7.11 Å². The van der Waals surface area contributed by atoms with Crippen LogP contribution in [0.1, 0.15) is 11.1 Å². The summed E-state index contributed by atoms with van der Waals surface area (Å²) < 4.78 is 12.5. The summed E-state index contributed by atoms with van der Waals surface area (Å²) in [5.41, 5.74) is 1.31. The molecule has 0 heterocycles. The average molecular weight is 432 g/mol. The molecule has 0 atom stereocenters. The zero-order chi connectivity index (χ0) is 15.4. The van der Waals surface area contributed by atoms with Crippen molar-refractivity contribution in [2.45, 2.75) is 5.88 Å². The molecule has 0 radical (unpaired) electrons. The van der Waals surface area contributed by atoms with Crippen LogP contribution in [-0.2, 0) is 5.88 Å². The van der Waals surface area contributed by atoms with Crippen molar-refractivity contribution in [3.63, 3.8) is 0 Å². The zero-order valence-corrected chi connectivity index (χ0v) is 14.9. The van der Waals surface area contributed by atoms with Crippen LogP contribution in [-0.4, -0.2) is 7.11 Å². The molecule has 0 aliphatic rings. The summed E-state index contributed by atoms with van der Waals surface area (Å²) >= 11 is 12.6. The highest BCUT2D eigenvalue weighted by molar-refractivity contribution is 9.11. The molecule has 0 aliphatic carbocycles. The van der Waals surface area contributed by atoms with Gasteiger partial charge in [-0.3, -0.25) is 0 Å². The van der Waals surface area contributed by atoms with Crippen LogP contribution in [0.4, 0.5) is 0 Å². The number of nitrogens with zero attached hydrogens (tertiary/aromatic N) is 1. The number of hydrogen-bond donors (Lipinski definition) is 0. The van der Waals surface area contributed by atoms with Crippen LogP contribution in [0.5, 0.6) is 17.2 Å². The highest BCUT2D eigenvalue weighted by atomic mass is 79.9. The van der Waals surface area contributed by atoms with E-state index in [1.807, 2.05) is 6.07 Å². The first-order valence-electron chi connectivity index (χ1n) is 5.89. The molecule has 0 spiro atoms. The Morgan fingerprint density at radius 2 is 1.76 bits per heavy atom. The van der Waals surface area contributed by atoms with Crippen LogP contribution >= 0.6 is 43.5 Å². The third kappa shape index (κ3) is 3.70. The topological polar surface area (TPSA) is 42.2 Å². The number of halogens is 3. The van der Waals surface area contributed by atoms with Crippen LogP contribution in [0.25, 0.3) is 0 Å². The minimum Gasteiger partial charge on any atom is -0.496 e. The standard InChI is InChI=1S/C15H10Br2ClNO2/c1-20-14-5-12(17)15(6-11(14)16)21-13-3-2-9(7-18)4-10(13)8-19/h2-6H,7H2,1H3. The molecule has 21 heavy (non-hydrogen) atoms. The maximum atomic E-state index is 9.21. The predicted octanol–water partition coefficient (Wildman–Crippen LogP) is 5.62. The van der Waals surface area contributed by atoms with Crippen LogP contribution in [0.3, 0.4) is 0 Å². The molecule has 0 aliphatic heterocycles.